The van der Waals surface area contributed by atoms with Gasteiger partial charge in [0.15, 0.2) is 17.1 Å². The van der Waals surface area contributed by atoms with Crippen LogP contribution in [0.1, 0.15) is 53.9 Å². The molecule has 0 amide bonds. The number of carbonyl (C=O) groups excluding carboxylic acids is 2. The molecule has 0 saturated heterocycles. The van der Waals surface area contributed by atoms with E-state index in [1.54, 1.807) is 52.2 Å². The Hall–Kier alpha value is -6.23. The number of ketones is 2. The molecule has 0 N–H and O–H groups in total. The molecule has 11 heteroatoms. The SMILES string of the molecule is O=C1CCCc2nc3c(cnn3-c3ccc(F)cc3)cc2/C1=C\c1ccccn1.O=C1CCCc2nc3c(cnn3-c3ccc(F)cc3)cc2C1. The smallest absolute Gasteiger partial charge is 0.163 e. The van der Waals surface area contributed by atoms with E-state index in [1.165, 1.54) is 24.3 Å². The highest BCUT2D eigenvalue weighted by atomic mass is 19.1. The Labute approximate surface area is 291 Å². The molecule has 9 rings (SSSR count). The van der Waals surface area contributed by atoms with Crippen molar-refractivity contribution in [1.29, 1.82) is 0 Å². The number of fused-ring (bicyclic) bond motifs is 4. The predicted octanol–water partition coefficient (Wildman–Crippen LogP) is 7.41. The average molecular weight is 680 g/mol. The van der Waals surface area contributed by atoms with Gasteiger partial charge < -0.3 is 0 Å². The van der Waals surface area contributed by atoms with Crippen LogP contribution in [0, 0.1) is 11.6 Å². The normalized spacial score (nSPS) is 15.2. The molecule has 2 aliphatic carbocycles. The fourth-order valence-corrected chi connectivity index (χ4v) is 6.59. The first kappa shape index (κ1) is 32.0. The Morgan fingerprint density at radius 3 is 1.92 bits per heavy atom. The number of allylic oxidation sites excluding steroid dienone is 1. The third-order valence-electron chi connectivity index (χ3n) is 9.12. The summed E-state index contributed by atoms with van der Waals surface area (Å²) in [6.07, 6.45) is 11.7. The zero-order valence-corrected chi connectivity index (χ0v) is 27.5. The van der Waals surface area contributed by atoms with Crippen molar-refractivity contribution < 1.29 is 18.4 Å². The van der Waals surface area contributed by atoms with E-state index >= 15 is 0 Å². The van der Waals surface area contributed by atoms with E-state index in [1.807, 2.05) is 36.4 Å². The molecule has 0 unspecified atom stereocenters. The number of hydrogen-bond donors (Lipinski definition) is 0. The monoisotopic (exact) mass is 679 g/mol. The molecule has 2 aromatic carbocycles. The first-order valence-corrected chi connectivity index (χ1v) is 16.8. The summed E-state index contributed by atoms with van der Waals surface area (Å²) in [6, 6.07) is 21.9. The van der Waals surface area contributed by atoms with Crippen LogP contribution >= 0.6 is 0 Å². The predicted molar refractivity (Wildman–Crippen MR) is 189 cm³/mol. The molecule has 252 valence electrons. The van der Waals surface area contributed by atoms with Crippen molar-refractivity contribution in [3.8, 4) is 11.4 Å². The number of nitrogens with zero attached hydrogens (tertiary/aromatic N) is 7. The number of halogens is 2. The highest BCUT2D eigenvalue weighted by Crippen LogP contribution is 2.31. The van der Waals surface area contributed by atoms with E-state index in [-0.39, 0.29) is 23.2 Å². The second-order valence-corrected chi connectivity index (χ2v) is 12.6. The summed E-state index contributed by atoms with van der Waals surface area (Å²) in [5.41, 5.74) is 8.03. The fourth-order valence-electron chi connectivity index (χ4n) is 6.59. The topological polar surface area (TPSA) is 108 Å². The molecule has 0 radical (unpaired) electrons. The van der Waals surface area contributed by atoms with Crippen molar-refractivity contribution in [2.75, 3.05) is 0 Å². The summed E-state index contributed by atoms with van der Waals surface area (Å²) in [4.78, 5) is 38.5. The Balaban J connectivity index is 0.000000152. The molecule has 2 aliphatic rings. The lowest BCUT2D eigenvalue weighted by Crippen LogP contribution is -2.03. The van der Waals surface area contributed by atoms with Crippen molar-refractivity contribution in [3.63, 3.8) is 0 Å². The Morgan fingerprint density at radius 2 is 1.27 bits per heavy atom. The van der Waals surface area contributed by atoms with Gasteiger partial charge in [-0.1, -0.05) is 6.07 Å². The molecule has 9 nitrogen and oxygen atoms in total. The minimum Gasteiger partial charge on any atom is -0.299 e. The molecule has 0 aliphatic heterocycles. The first-order valence-electron chi connectivity index (χ1n) is 16.8. The molecule has 0 saturated carbocycles. The van der Waals surface area contributed by atoms with Crippen LogP contribution in [-0.4, -0.2) is 46.1 Å². The molecular formula is C40H31F2N7O2. The molecule has 5 heterocycles. The van der Waals surface area contributed by atoms with Crippen LogP contribution in [0.5, 0.6) is 0 Å². The van der Waals surface area contributed by atoms with Gasteiger partial charge in [-0.2, -0.15) is 10.2 Å². The Morgan fingerprint density at radius 1 is 0.667 bits per heavy atom. The van der Waals surface area contributed by atoms with E-state index < -0.39 is 0 Å². The molecular weight excluding hydrogens is 648 g/mol. The molecule has 0 spiro atoms. The fraction of sp³-hybridized carbons (Fsp3) is 0.175. The van der Waals surface area contributed by atoms with E-state index in [0.717, 1.165) is 75.3 Å². The third-order valence-corrected chi connectivity index (χ3v) is 9.12. The van der Waals surface area contributed by atoms with Gasteiger partial charge in [0.05, 0.1) is 35.2 Å². The lowest BCUT2D eigenvalue weighted by molar-refractivity contribution is -0.118. The van der Waals surface area contributed by atoms with Gasteiger partial charge in [0.1, 0.15) is 17.4 Å². The van der Waals surface area contributed by atoms with E-state index in [0.29, 0.717) is 36.9 Å². The highest BCUT2D eigenvalue weighted by molar-refractivity contribution is 6.26. The highest BCUT2D eigenvalue weighted by Gasteiger charge is 2.23. The quantitative estimate of drug-likeness (QED) is 0.141. The number of aromatic nitrogens is 7. The zero-order valence-electron chi connectivity index (χ0n) is 27.5. The second kappa shape index (κ2) is 13.6. The van der Waals surface area contributed by atoms with E-state index in [9.17, 15) is 18.4 Å². The number of benzene rings is 2. The molecule has 5 aromatic heterocycles. The minimum atomic E-state index is -0.296. The first-order chi connectivity index (χ1) is 24.9. The maximum absolute atomic E-state index is 13.3. The lowest BCUT2D eigenvalue weighted by Gasteiger charge is -2.09. The lowest BCUT2D eigenvalue weighted by atomic mass is 9.99. The maximum Gasteiger partial charge on any atom is 0.163 e. The van der Waals surface area contributed by atoms with Crippen molar-refractivity contribution in [3.05, 3.63) is 137 Å². The zero-order chi connectivity index (χ0) is 34.9. The standard InChI is InChI=1S/C23H17FN4O.C17H14FN3O/c24-16-7-9-18(10-8-16)28-23-15(14-26-28)12-19-20(13-17-4-1-2-11-25-17)22(29)6-3-5-21(19)27-23;18-13-4-6-14(7-5-13)21-17-12(10-19-21)8-11-9-15(22)2-1-3-16(11)20-17/h1-2,4,7-14H,3,5-6H2;4-8,10H,1-3,9H2/b20-13+;. The summed E-state index contributed by atoms with van der Waals surface area (Å²) in [5.74, 6) is -0.206. The van der Waals surface area contributed by atoms with Crippen LogP contribution in [0.4, 0.5) is 8.78 Å². The van der Waals surface area contributed by atoms with Gasteiger partial charge in [-0.3, -0.25) is 14.6 Å². The van der Waals surface area contributed by atoms with Gasteiger partial charge in [0.2, 0.25) is 0 Å². The van der Waals surface area contributed by atoms with Crippen LogP contribution in [0.25, 0.3) is 45.1 Å². The van der Waals surface area contributed by atoms with Gasteiger partial charge in [-0.25, -0.2) is 28.1 Å². The van der Waals surface area contributed by atoms with Gasteiger partial charge in [0, 0.05) is 53.1 Å². The summed E-state index contributed by atoms with van der Waals surface area (Å²) in [5, 5.41) is 10.5. The largest absolute Gasteiger partial charge is 0.299 e. The van der Waals surface area contributed by atoms with Crippen molar-refractivity contribution >= 4 is 45.3 Å². The van der Waals surface area contributed by atoms with Crippen molar-refractivity contribution in [1.82, 2.24) is 34.5 Å². The average Bonchev–Trinajstić information content (AvgIpc) is 3.65. The van der Waals surface area contributed by atoms with Crippen LogP contribution in [-0.2, 0) is 28.9 Å². The number of carbonyl (C=O) groups is 2. The number of rotatable bonds is 3. The summed E-state index contributed by atoms with van der Waals surface area (Å²) in [7, 11) is 0. The van der Waals surface area contributed by atoms with Crippen molar-refractivity contribution in [2.24, 2.45) is 0 Å². The molecule has 0 atom stereocenters. The van der Waals surface area contributed by atoms with Gasteiger partial charge in [-0.05, 0) is 110 Å². The molecule has 7 aromatic rings. The summed E-state index contributed by atoms with van der Waals surface area (Å²) >= 11 is 0. The summed E-state index contributed by atoms with van der Waals surface area (Å²) < 4.78 is 29.8. The van der Waals surface area contributed by atoms with E-state index in [4.69, 9.17) is 9.97 Å². The number of Topliss-reactive ketones (excluding diaryl/α,β-unsaturated/α-hetero) is 2. The van der Waals surface area contributed by atoms with Gasteiger partial charge in [0.25, 0.3) is 0 Å². The number of aryl methyl sites for hydroxylation is 2. The second-order valence-electron chi connectivity index (χ2n) is 12.6. The van der Waals surface area contributed by atoms with Gasteiger partial charge >= 0.3 is 0 Å². The number of hydrogen-bond acceptors (Lipinski definition) is 7. The molecule has 51 heavy (non-hydrogen) atoms. The van der Waals surface area contributed by atoms with Gasteiger partial charge in [-0.15, -0.1) is 0 Å². The maximum atomic E-state index is 13.3. The van der Waals surface area contributed by atoms with Crippen LogP contribution in [0.3, 0.4) is 0 Å². The minimum absolute atomic E-state index is 0.0986. The number of pyridine rings is 3. The van der Waals surface area contributed by atoms with E-state index in [2.05, 4.69) is 15.2 Å². The van der Waals surface area contributed by atoms with Crippen LogP contribution in [0.2, 0.25) is 0 Å². The Bertz CT molecular complexity index is 2450. The van der Waals surface area contributed by atoms with Crippen molar-refractivity contribution in [2.45, 2.75) is 44.9 Å². The van der Waals surface area contributed by atoms with Crippen LogP contribution in [0.15, 0.2) is 97.5 Å². The Kier molecular flexibility index (Phi) is 8.52. The summed E-state index contributed by atoms with van der Waals surface area (Å²) in [6.45, 7) is 0. The molecule has 0 bridgehead atoms. The third kappa shape index (κ3) is 6.58. The molecule has 0 fully saturated rings. The van der Waals surface area contributed by atoms with Crippen LogP contribution < -0.4 is 0 Å².